The van der Waals surface area contributed by atoms with Crippen LogP contribution in [-0.2, 0) is 5.54 Å². The molecule has 0 amide bonds. The molecule has 2 aromatic heterocycles. The van der Waals surface area contributed by atoms with Gasteiger partial charge in [-0.15, -0.1) is 11.3 Å². The van der Waals surface area contributed by atoms with Gasteiger partial charge in [0.15, 0.2) is 0 Å². The third-order valence-corrected chi connectivity index (χ3v) is 5.64. The molecule has 3 heteroatoms. The Morgan fingerprint density at radius 1 is 1.36 bits per heavy atom. The van der Waals surface area contributed by atoms with Gasteiger partial charge in [0.2, 0.25) is 0 Å². The summed E-state index contributed by atoms with van der Waals surface area (Å²) in [5.41, 5.74) is -0.0279. The van der Waals surface area contributed by atoms with Crippen molar-refractivity contribution in [3.63, 3.8) is 0 Å². The first-order valence-electron chi connectivity index (χ1n) is 8.20. The van der Waals surface area contributed by atoms with Gasteiger partial charge in [0.25, 0.3) is 0 Å². The summed E-state index contributed by atoms with van der Waals surface area (Å²) >= 11 is 1.78. The standard InChI is InChI=1S/C19H25NOS/c1-3-19(18-9-5-13-21-18,20(2)15-16-10-11-16)12-4-7-17-8-6-14-22-17/h4-9,13-14,16H,3,10-12,15H2,1-2H3. The predicted molar refractivity (Wildman–Crippen MR) is 94.0 cm³/mol. The molecule has 2 nitrogen and oxygen atoms in total. The lowest BCUT2D eigenvalue weighted by Crippen LogP contribution is -2.44. The van der Waals surface area contributed by atoms with Crippen LogP contribution in [0.3, 0.4) is 0 Å². The molecule has 0 radical (unpaired) electrons. The minimum atomic E-state index is -0.0279. The Balaban J connectivity index is 1.80. The van der Waals surface area contributed by atoms with Gasteiger partial charge in [-0.3, -0.25) is 4.90 Å². The lowest BCUT2D eigenvalue weighted by molar-refractivity contribution is 0.0839. The molecule has 118 valence electrons. The van der Waals surface area contributed by atoms with Crippen LogP contribution >= 0.6 is 11.3 Å². The molecule has 0 bridgehead atoms. The molecule has 1 unspecified atom stereocenters. The van der Waals surface area contributed by atoms with E-state index in [1.165, 1.54) is 24.3 Å². The summed E-state index contributed by atoms with van der Waals surface area (Å²) in [6.07, 6.45) is 11.1. The van der Waals surface area contributed by atoms with Gasteiger partial charge >= 0.3 is 0 Å². The van der Waals surface area contributed by atoms with E-state index in [-0.39, 0.29) is 5.54 Å². The normalized spacial score (nSPS) is 18.1. The number of nitrogens with zero attached hydrogens (tertiary/aromatic N) is 1. The average Bonchev–Trinajstić information content (AvgIpc) is 2.98. The maximum atomic E-state index is 5.83. The highest BCUT2D eigenvalue weighted by Gasteiger charge is 2.38. The molecular formula is C19H25NOS. The molecule has 1 aliphatic carbocycles. The van der Waals surface area contributed by atoms with Gasteiger partial charge in [0.05, 0.1) is 11.8 Å². The summed E-state index contributed by atoms with van der Waals surface area (Å²) in [5, 5.41) is 2.12. The van der Waals surface area contributed by atoms with Crippen LogP contribution in [0, 0.1) is 5.92 Å². The van der Waals surface area contributed by atoms with Crippen LogP contribution in [0.2, 0.25) is 0 Å². The topological polar surface area (TPSA) is 16.4 Å². The maximum Gasteiger partial charge on any atom is 0.124 e. The highest BCUT2D eigenvalue weighted by molar-refractivity contribution is 7.10. The largest absolute Gasteiger partial charge is 0.467 e. The summed E-state index contributed by atoms with van der Waals surface area (Å²) in [6, 6.07) is 8.40. The summed E-state index contributed by atoms with van der Waals surface area (Å²) in [7, 11) is 2.25. The second-order valence-corrected chi connectivity index (χ2v) is 7.29. The lowest BCUT2D eigenvalue weighted by Gasteiger charge is -2.39. The molecule has 1 atom stereocenters. The molecule has 0 aliphatic heterocycles. The lowest BCUT2D eigenvalue weighted by atomic mass is 9.86. The second kappa shape index (κ2) is 6.84. The van der Waals surface area contributed by atoms with E-state index >= 15 is 0 Å². The van der Waals surface area contributed by atoms with Crippen LogP contribution in [0.5, 0.6) is 0 Å². The minimum Gasteiger partial charge on any atom is -0.467 e. The van der Waals surface area contributed by atoms with Crippen molar-refractivity contribution < 1.29 is 4.42 Å². The number of rotatable bonds is 8. The molecule has 2 aromatic rings. The van der Waals surface area contributed by atoms with Crippen LogP contribution in [0.4, 0.5) is 0 Å². The molecule has 1 fully saturated rings. The Hall–Kier alpha value is -1.32. The SMILES string of the molecule is CCC(CC=Cc1cccs1)(c1ccco1)N(C)CC1CC1. The van der Waals surface area contributed by atoms with Crippen molar-refractivity contribution in [3.05, 3.63) is 52.6 Å². The smallest absolute Gasteiger partial charge is 0.124 e. The molecular weight excluding hydrogens is 290 g/mol. The Morgan fingerprint density at radius 2 is 2.23 bits per heavy atom. The second-order valence-electron chi connectivity index (χ2n) is 6.31. The third kappa shape index (κ3) is 3.36. The van der Waals surface area contributed by atoms with E-state index in [2.05, 4.69) is 54.6 Å². The zero-order valence-corrected chi connectivity index (χ0v) is 14.3. The molecule has 1 saturated carbocycles. The fraction of sp³-hybridized carbons (Fsp3) is 0.474. The van der Waals surface area contributed by atoms with Gasteiger partial charge in [-0.25, -0.2) is 0 Å². The molecule has 22 heavy (non-hydrogen) atoms. The summed E-state index contributed by atoms with van der Waals surface area (Å²) < 4.78 is 5.83. The summed E-state index contributed by atoms with van der Waals surface area (Å²) in [5.74, 6) is 1.97. The fourth-order valence-corrected chi connectivity index (χ4v) is 3.84. The first kappa shape index (κ1) is 15.6. The van der Waals surface area contributed by atoms with E-state index in [9.17, 15) is 0 Å². The van der Waals surface area contributed by atoms with Gasteiger partial charge in [-0.1, -0.05) is 19.1 Å². The molecule has 0 spiro atoms. The van der Waals surface area contributed by atoms with E-state index in [4.69, 9.17) is 4.42 Å². The third-order valence-electron chi connectivity index (χ3n) is 4.81. The molecule has 0 aromatic carbocycles. The highest BCUT2D eigenvalue weighted by atomic mass is 32.1. The van der Waals surface area contributed by atoms with Crippen LogP contribution in [0.1, 0.15) is 43.2 Å². The van der Waals surface area contributed by atoms with Crippen molar-refractivity contribution in [2.75, 3.05) is 13.6 Å². The number of thiophene rings is 1. The Morgan fingerprint density at radius 3 is 2.82 bits per heavy atom. The number of furan rings is 1. The van der Waals surface area contributed by atoms with E-state index in [0.717, 1.165) is 24.5 Å². The monoisotopic (exact) mass is 315 g/mol. The van der Waals surface area contributed by atoms with Crippen LogP contribution < -0.4 is 0 Å². The van der Waals surface area contributed by atoms with Gasteiger partial charge in [-0.05, 0) is 68.3 Å². The Labute approximate surface area is 137 Å². The number of hydrogen-bond donors (Lipinski definition) is 0. The zero-order valence-electron chi connectivity index (χ0n) is 13.5. The van der Waals surface area contributed by atoms with E-state index in [1.807, 2.05) is 6.07 Å². The Kier molecular flexibility index (Phi) is 4.84. The number of hydrogen-bond acceptors (Lipinski definition) is 3. The molecule has 3 rings (SSSR count). The van der Waals surface area contributed by atoms with Crippen molar-refractivity contribution in [2.24, 2.45) is 5.92 Å². The van der Waals surface area contributed by atoms with Crippen molar-refractivity contribution >= 4 is 17.4 Å². The molecule has 0 saturated heterocycles. The quantitative estimate of drug-likeness (QED) is 0.649. The maximum absolute atomic E-state index is 5.83. The van der Waals surface area contributed by atoms with E-state index < -0.39 is 0 Å². The van der Waals surface area contributed by atoms with Crippen LogP contribution in [0.15, 0.2) is 46.4 Å². The van der Waals surface area contributed by atoms with Crippen molar-refractivity contribution in [1.29, 1.82) is 0 Å². The molecule has 1 aliphatic rings. The highest BCUT2D eigenvalue weighted by Crippen LogP contribution is 2.39. The van der Waals surface area contributed by atoms with Gasteiger partial charge < -0.3 is 4.42 Å². The minimum absolute atomic E-state index is 0.0279. The average molecular weight is 315 g/mol. The van der Waals surface area contributed by atoms with Gasteiger partial charge in [-0.2, -0.15) is 0 Å². The van der Waals surface area contributed by atoms with E-state index in [1.54, 1.807) is 17.6 Å². The Bertz CT molecular complexity index is 583. The van der Waals surface area contributed by atoms with Gasteiger partial charge in [0, 0.05) is 11.4 Å². The molecule has 2 heterocycles. The van der Waals surface area contributed by atoms with Crippen molar-refractivity contribution in [3.8, 4) is 0 Å². The first-order valence-corrected chi connectivity index (χ1v) is 9.08. The fourth-order valence-electron chi connectivity index (χ4n) is 3.19. The van der Waals surface area contributed by atoms with E-state index in [0.29, 0.717) is 0 Å². The zero-order chi connectivity index (χ0) is 15.4. The first-order chi connectivity index (χ1) is 10.7. The predicted octanol–water partition coefficient (Wildman–Crippen LogP) is 5.39. The summed E-state index contributed by atoms with van der Waals surface area (Å²) in [4.78, 5) is 3.83. The molecule has 0 N–H and O–H groups in total. The van der Waals surface area contributed by atoms with Crippen molar-refractivity contribution in [2.45, 2.75) is 38.1 Å². The van der Waals surface area contributed by atoms with Crippen molar-refractivity contribution in [1.82, 2.24) is 4.90 Å². The van der Waals surface area contributed by atoms with Crippen LogP contribution in [-0.4, -0.2) is 18.5 Å². The summed E-state index contributed by atoms with van der Waals surface area (Å²) in [6.45, 7) is 3.44. The van der Waals surface area contributed by atoms with Crippen LogP contribution in [0.25, 0.3) is 6.08 Å². The van der Waals surface area contributed by atoms with Gasteiger partial charge in [0.1, 0.15) is 5.76 Å².